The van der Waals surface area contributed by atoms with Gasteiger partial charge in [0, 0.05) is 11.1 Å². The Kier molecular flexibility index (Phi) is 2.73. The highest BCUT2D eigenvalue weighted by Crippen LogP contribution is 2.33. The topological polar surface area (TPSA) is 52.2 Å². The molecule has 22 heavy (non-hydrogen) atoms. The Morgan fingerprint density at radius 1 is 0.773 bits per heavy atom. The number of carbonyl (C=O) groups excluding carboxylic acids is 1. The molecule has 0 aromatic heterocycles. The molecule has 0 saturated heterocycles. The number of fused-ring (bicyclic) bond motifs is 4. The summed E-state index contributed by atoms with van der Waals surface area (Å²) in [6.07, 6.45) is -1.30. The Labute approximate surface area is 126 Å². The molecule has 4 rings (SSSR count). The number of hydrogen-bond donors (Lipinski definition) is 1. The molecule has 4 aromatic carbocycles. The van der Waals surface area contributed by atoms with Gasteiger partial charge in [0.25, 0.3) is 0 Å². The number of carbonyl (C=O) groups is 1. The van der Waals surface area contributed by atoms with Gasteiger partial charge < -0.3 is 15.2 Å². The summed E-state index contributed by atoms with van der Waals surface area (Å²) in [5.41, 5.74) is 0.554. The van der Waals surface area contributed by atoms with Gasteiger partial charge in [0.15, 0.2) is 0 Å². The number of amides is 1. The van der Waals surface area contributed by atoms with Gasteiger partial charge >= 0.3 is 0 Å². The summed E-state index contributed by atoms with van der Waals surface area (Å²) in [6.45, 7) is 0. The molecule has 1 amide bonds. The van der Waals surface area contributed by atoms with E-state index in [-0.39, 0.29) is 0 Å². The average molecular weight is 286 g/mol. The highest BCUT2D eigenvalue weighted by molar-refractivity contribution is 6.17. The molecule has 4 aromatic rings. The molecule has 0 aliphatic rings. The molecule has 0 saturated carbocycles. The smallest absolute Gasteiger partial charge is 0.138 e. The molecule has 0 fully saturated rings. The standard InChI is InChI=1S/C19H13NO2/c21-19(22)20-17-7-3-6-12-8-9-15-10-13-4-1-2-5-14(13)11-16(15)18(12)17/h1-11,20H,(H,21,22)/p-1. The summed E-state index contributed by atoms with van der Waals surface area (Å²) in [5, 5.41) is 19.6. The van der Waals surface area contributed by atoms with E-state index in [1.807, 2.05) is 30.3 Å². The van der Waals surface area contributed by atoms with E-state index in [0.29, 0.717) is 5.69 Å². The summed E-state index contributed by atoms with van der Waals surface area (Å²) < 4.78 is 0. The van der Waals surface area contributed by atoms with E-state index in [4.69, 9.17) is 0 Å². The van der Waals surface area contributed by atoms with E-state index in [2.05, 4.69) is 35.6 Å². The third kappa shape index (κ3) is 1.95. The molecule has 0 aliphatic carbocycles. The Hall–Kier alpha value is -3.07. The fraction of sp³-hybridized carbons (Fsp3) is 0. The monoisotopic (exact) mass is 286 g/mol. The van der Waals surface area contributed by atoms with Crippen LogP contribution in [-0.4, -0.2) is 6.09 Å². The average Bonchev–Trinajstić information content (AvgIpc) is 2.52. The van der Waals surface area contributed by atoms with Gasteiger partial charge in [-0.25, -0.2) is 0 Å². The SMILES string of the molecule is O=C([O-])Nc1cccc2ccc3cc4ccccc4cc3c12. The van der Waals surface area contributed by atoms with Crippen LogP contribution in [-0.2, 0) is 0 Å². The third-order valence-electron chi connectivity index (χ3n) is 3.96. The van der Waals surface area contributed by atoms with E-state index in [1.54, 1.807) is 6.07 Å². The summed E-state index contributed by atoms with van der Waals surface area (Å²) in [5.74, 6) is 0. The van der Waals surface area contributed by atoms with Crippen LogP contribution < -0.4 is 10.4 Å². The van der Waals surface area contributed by atoms with E-state index in [0.717, 1.165) is 26.9 Å². The number of anilines is 1. The fourth-order valence-corrected chi connectivity index (χ4v) is 3.02. The Morgan fingerprint density at radius 2 is 1.45 bits per heavy atom. The second-order valence-electron chi connectivity index (χ2n) is 5.30. The summed E-state index contributed by atoms with van der Waals surface area (Å²) in [4.78, 5) is 10.9. The minimum absolute atomic E-state index is 0.554. The van der Waals surface area contributed by atoms with Crippen molar-refractivity contribution >= 4 is 44.1 Å². The van der Waals surface area contributed by atoms with E-state index >= 15 is 0 Å². The molecule has 0 spiro atoms. The molecule has 0 radical (unpaired) electrons. The molecule has 3 heteroatoms. The fourth-order valence-electron chi connectivity index (χ4n) is 3.02. The van der Waals surface area contributed by atoms with Crippen LogP contribution in [0.3, 0.4) is 0 Å². The second-order valence-corrected chi connectivity index (χ2v) is 5.30. The van der Waals surface area contributed by atoms with Crippen LogP contribution in [0.1, 0.15) is 0 Å². The Bertz CT molecular complexity index is 1040. The molecule has 106 valence electrons. The zero-order valence-electron chi connectivity index (χ0n) is 11.7. The number of rotatable bonds is 1. The number of nitrogens with one attached hydrogen (secondary N) is 1. The van der Waals surface area contributed by atoms with Crippen LogP contribution in [0.5, 0.6) is 0 Å². The third-order valence-corrected chi connectivity index (χ3v) is 3.96. The summed E-state index contributed by atoms with van der Waals surface area (Å²) in [7, 11) is 0. The predicted octanol–water partition coefficient (Wildman–Crippen LogP) is 3.90. The van der Waals surface area contributed by atoms with Gasteiger partial charge in [-0.05, 0) is 45.1 Å². The van der Waals surface area contributed by atoms with E-state index < -0.39 is 6.09 Å². The first-order chi connectivity index (χ1) is 10.7. The molecular weight excluding hydrogens is 274 g/mol. The lowest BCUT2D eigenvalue weighted by Crippen LogP contribution is -2.28. The van der Waals surface area contributed by atoms with Gasteiger partial charge in [0.1, 0.15) is 6.09 Å². The number of benzene rings is 4. The predicted molar refractivity (Wildman–Crippen MR) is 88.0 cm³/mol. The van der Waals surface area contributed by atoms with E-state index in [9.17, 15) is 9.90 Å². The zero-order chi connectivity index (χ0) is 15.1. The second kappa shape index (κ2) is 4.74. The van der Waals surface area contributed by atoms with Crippen LogP contribution in [0.15, 0.2) is 66.7 Å². The van der Waals surface area contributed by atoms with Crippen LogP contribution in [0.2, 0.25) is 0 Å². The van der Waals surface area contributed by atoms with Crippen molar-refractivity contribution in [1.82, 2.24) is 0 Å². The van der Waals surface area contributed by atoms with Crippen molar-refractivity contribution in [2.75, 3.05) is 5.32 Å². The van der Waals surface area contributed by atoms with Gasteiger partial charge in [-0.15, -0.1) is 0 Å². The van der Waals surface area contributed by atoms with Crippen molar-refractivity contribution in [3.63, 3.8) is 0 Å². The van der Waals surface area contributed by atoms with Crippen LogP contribution >= 0.6 is 0 Å². The molecule has 1 N–H and O–H groups in total. The lowest BCUT2D eigenvalue weighted by atomic mass is 9.97. The highest BCUT2D eigenvalue weighted by atomic mass is 16.4. The number of carboxylic acid groups (broad SMARTS) is 1. The number of hydrogen-bond acceptors (Lipinski definition) is 2. The Morgan fingerprint density at radius 3 is 2.23 bits per heavy atom. The summed E-state index contributed by atoms with van der Waals surface area (Å²) in [6, 6.07) is 22.0. The Balaban J connectivity index is 2.16. The van der Waals surface area contributed by atoms with Crippen molar-refractivity contribution in [3.8, 4) is 0 Å². The maximum atomic E-state index is 10.9. The summed E-state index contributed by atoms with van der Waals surface area (Å²) >= 11 is 0. The molecule has 0 unspecified atom stereocenters. The van der Waals surface area contributed by atoms with Gasteiger partial charge in [0.05, 0.1) is 0 Å². The van der Waals surface area contributed by atoms with Gasteiger partial charge in [-0.1, -0.05) is 48.5 Å². The zero-order valence-corrected chi connectivity index (χ0v) is 11.7. The maximum absolute atomic E-state index is 10.9. The van der Waals surface area contributed by atoms with Gasteiger partial charge in [-0.2, -0.15) is 0 Å². The van der Waals surface area contributed by atoms with Crippen molar-refractivity contribution in [2.45, 2.75) is 0 Å². The molecule has 3 nitrogen and oxygen atoms in total. The highest BCUT2D eigenvalue weighted by Gasteiger charge is 2.07. The molecule has 0 aliphatic heterocycles. The lowest BCUT2D eigenvalue weighted by Gasteiger charge is -2.13. The van der Waals surface area contributed by atoms with Crippen molar-refractivity contribution in [3.05, 3.63) is 66.7 Å². The van der Waals surface area contributed by atoms with Crippen LogP contribution in [0, 0.1) is 0 Å². The van der Waals surface area contributed by atoms with Crippen molar-refractivity contribution in [2.24, 2.45) is 0 Å². The minimum atomic E-state index is -1.30. The van der Waals surface area contributed by atoms with Crippen LogP contribution in [0.4, 0.5) is 10.5 Å². The quantitative estimate of drug-likeness (QED) is 0.426. The molecule has 0 heterocycles. The van der Waals surface area contributed by atoms with Crippen molar-refractivity contribution in [1.29, 1.82) is 0 Å². The van der Waals surface area contributed by atoms with Crippen molar-refractivity contribution < 1.29 is 9.90 Å². The first-order valence-electron chi connectivity index (χ1n) is 7.04. The first-order valence-corrected chi connectivity index (χ1v) is 7.04. The van der Waals surface area contributed by atoms with Gasteiger partial charge in [-0.3, -0.25) is 0 Å². The largest absolute Gasteiger partial charge is 0.530 e. The molecule has 0 bridgehead atoms. The van der Waals surface area contributed by atoms with E-state index in [1.165, 1.54) is 5.39 Å². The molecular formula is C19H12NO2-. The minimum Gasteiger partial charge on any atom is -0.530 e. The maximum Gasteiger partial charge on any atom is 0.138 e. The van der Waals surface area contributed by atoms with Gasteiger partial charge in [0.2, 0.25) is 0 Å². The van der Waals surface area contributed by atoms with Crippen LogP contribution in [0.25, 0.3) is 32.3 Å². The lowest BCUT2D eigenvalue weighted by molar-refractivity contribution is -0.242. The normalized spacial score (nSPS) is 11.1. The molecule has 0 atom stereocenters. The first kappa shape index (κ1) is 12.7.